The van der Waals surface area contributed by atoms with Gasteiger partial charge in [0, 0.05) is 43.5 Å². The normalized spacial score (nSPS) is 25.4. The molecule has 0 amide bonds. The van der Waals surface area contributed by atoms with Gasteiger partial charge in [0.15, 0.2) is 0 Å². The zero-order chi connectivity index (χ0) is 14.5. The number of methoxy groups -OCH3 is 1. The minimum atomic E-state index is 0.542. The molecule has 1 fully saturated rings. The zero-order valence-electron chi connectivity index (χ0n) is 13.1. The van der Waals surface area contributed by atoms with Crippen molar-refractivity contribution < 1.29 is 4.74 Å². The summed E-state index contributed by atoms with van der Waals surface area (Å²) in [5.74, 6) is 1.46. The predicted octanol–water partition coefficient (Wildman–Crippen LogP) is 2.30. The van der Waals surface area contributed by atoms with Gasteiger partial charge in [-0.3, -0.25) is 4.90 Å². The van der Waals surface area contributed by atoms with E-state index < -0.39 is 0 Å². The monoisotopic (exact) mass is 277 g/mol. The first-order valence-electron chi connectivity index (χ1n) is 7.61. The van der Waals surface area contributed by atoms with Gasteiger partial charge in [-0.1, -0.05) is 26.3 Å². The van der Waals surface area contributed by atoms with Crippen LogP contribution in [0.2, 0.25) is 0 Å². The molecular formula is C16H27N3O. The highest BCUT2D eigenvalue weighted by Crippen LogP contribution is 2.21. The highest BCUT2D eigenvalue weighted by atomic mass is 16.5. The number of hydrogen-bond donors (Lipinski definition) is 1. The topological polar surface area (TPSA) is 37.4 Å². The maximum Gasteiger partial charge on any atom is 0.217 e. The Bertz CT molecular complexity index is 424. The Kier molecular flexibility index (Phi) is 5.38. The molecule has 0 bridgehead atoms. The number of nitrogens with one attached hydrogen (secondary N) is 1. The molecular weight excluding hydrogens is 250 g/mol. The van der Waals surface area contributed by atoms with Crippen LogP contribution in [0, 0.1) is 5.92 Å². The molecule has 4 nitrogen and oxygen atoms in total. The van der Waals surface area contributed by atoms with Crippen LogP contribution in [0.1, 0.15) is 32.8 Å². The Morgan fingerprint density at radius 3 is 3.05 bits per heavy atom. The summed E-state index contributed by atoms with van der Waals surface area (Å²) in [6.07, 6.45) is 3.00. The summed E-state index contributed by atoms with van der Waals surface area (Å²) in [6, 6.07) is 5.22. The van der Waals surface area contributed by atoms with Crippen LogP contribution < -0.4 is 10.1 Å². The molecule has 2 rings (SSSR count). The summed E-state index contributed by atoms with van der Waals surface area (Å²) >= 11 is 0. The van der Waals surface area contributed by atoms with Crippen LogP contribution in [0.25, 0.3) is 0 Å². The predicted molar refractivity (Wildman–Crippen MR) is 81.9 cm³/mol. The first kappa shape index (κ1) is 15.3. The lowest BCUT2D eigenvalue weighted by molar-refractivity contribution is 0.110. The molecule has 4 heteroatoms. The van der Waals surface area contributed by atoms with Crippen molar-refractivity contribution in [3.8, 4) is 5.88 Å². The fourth-order valence-corrected chi connectivity index (χ4v) is 2.78. The van der Waals surface area contributed by atoms with Gasteiger partial charge in [-0.15, -0.1) is 0 Å². The summed E-state index contributed by atoms with van der Waals surface area (Å²) in [7, 11) is 1.69. The lowest BCUT2D eigenvalue weighted by atomic mass is 9.95. The largest absolute Gasteiger partial charge is 0.481 e. The summed E-state index contributed by atoms with van der Waals surface area (Å²) in [4.78, 5) is 6.83. The lowest BCUT2D eigenvalue weighted by Crippen LogP contribution is -2.56. The Balaban J connectivity index is 2.06. The van der Waals surface area contributed by atoms with Gasteiger partial charge in [0.1, 0.15) is 0 Å². The molecule has 0 spiro atoms. The Morgan fingerprint density at radius 2 is 2.35 bits per heavy atom. The standard InChI is InChI=1S/C16H27N3O/c1-5-12(2)15-11-19(13(3)9-18-15)10-14-7-6-8-17-16(14)20-4/h6-8,12-13,15,18H,5,9-11H2,1-4H3. The lowest BCUT2D eigenvalue weighted by Gasteiger charge is -2.41. The summed E-state index contributed by atoms with van der Waals surface area (Å²) in [5.41, 5.74) is 1.17. The SMILES string of the molecule is CCC(C)C1CN(Cc2cccnc2OC)C(C)CN1. The molecule has 0 aliphatic carbocycles. The van der Waals surface area contributed by atoms with Crippen LogP contribution in [0.15, 0.2) is 18.3 Å². The van der Waals surface area contributed by atoms with Crippen LogP contribution in [0.5, 0.6) is 5.88 Å². The third-order valence-corrected chi connectivity index (χ3v) is 4.48. The van der Waals surface area contributed by atoms with Gasteiger partial charge in [0.05, 0.1) is 7.11 Å². The van der Waals surface area contributed by atoms with E-state index in [1.807, 2.05) is 6.07 Å². The summed E-state index contributed by atoms with van der Waals surface area (Å²) in [6.45, 7) is 9.93. The number of pyridine rings is 1. The van der Waals surface area contributed by atoms with E-state index in [1.165, 1.54) is 12.0 Å². The van der Waals surface area contributed by atoms with E-state index >= 15 is 0 Å². The maximum absolute atomic E-state index is 5.36. The van der Waals surface area contributed by atoms with Crippen molar-refractivity contribution in [1.82, 2.24) is 15.2 Å². The van der Waals surface area contributed by atoms with E-state index in [-0.39, 0.29) is 0 Å². The van der Waals surface area contributed by atoms with E-state index in [2.05, 4.69) is 42.0 Å². The van der Waals surface area contributed by atoms with E-state index in [9.17, 15) is 0 Å². The average Bonchev–Trinajstić information content (AvgIpc) is 2.49. The highest BCUT2D eigenvalue weighted by molar-refractivity contribution is 5.25. The molecule has 1 saturated heterocycles. The van der Waals surface area contributed by atoms with Gasteiger partial charge in [-0.25, -0.2) is 4.98 Å². The van der Waals surface area contributed by atoms with Crippen LogP contribution in [0.3, 0.4) is 0 Å². The number of aromatic nitrogens is 1. The molecule has 1 aliphatic heterocycles. The second kappa shape index (κ2) is 7.04. The van der Waals surface area contributed by atoms with Gasteiger partial charge in [-0.2, -0.15) is 0 Å². The van der Waals surface area contributed by atoms with Gasteiger partial charge < -0.3 is 10.1 Å². The van der Waals surface area contributed by atoms with Gasteiger partial charge in [-0.05, 0) is 18.9 Å². The summed E-state index contributed by atoms with van der Waals surface area (Å²) in [5, 5.41) is 3.68. The molecule has 1 N–H and O–H groups in total. The number of rotatable bonds is 5. The minimum absolute atomic E-state index is 0.542. The number of piperazine rings is 1. The molecule has 1 aromatic heterocycles. The maximum atomic E-state index is 5.36. The van der Waals surface area contributed by atoms with Crippen LogP contribution in [-0.2, 0) is 6.54 Å². The molecule has 112 valence electrons. The molecule has 3 unspecified atom stereocenters. The fourth-order valence-electron chi connectivity index (χ4n) is 2.78. The van der Waals surface area contributed by atoms with Crippen LogP contribution >= 0.6 is 0 Å². The van der Waals surface area contributed by atoms with E-state index in [0.29, 0.717) is 18.0 Å². The van der Waals surface area contributed by atoms with Crippen molar-refractivity contribution >= 4 is 0 Å². The molecule has 0 aromatic carbocycles. The van der Waals surface area contributed by atoms with Crippen molar-refractivity contribution in [2.45, 2.75) is 45.8 Å². The molecule has 2 heterocycles. The number of hydrogen-bond acceptors (Lipinski definition) is 4. The first-order valence-corrected chi connectivity index (χ1v) is 7.61. The number of ether oxygens (including phenoxy) is 1. The third-order valence-electron chi connectivity index (χ3n) is 4.48. The first-order chi connectivity index (χ1) is 9.65. The van der Waals surface area contributed by atoms with E-state index in [1.54, 1.807) is 13.3 Å². The summed E-state index contributed by atoms with van der Waals surface area (Å²) < 4.78 is 5.36. The van der Waals surface area contributed by atoms with Crippen molar-refractivity contribution in [3.05, 3.63) is 23.9 Å². The fraction of sp³-hybridized carbons (Fsp3) is 0.688. The molecule has 3 atom stereocenters. The Labute approximate surface area is 122 Å². The smallest absolute Gasteiger partial charge is 0.217 e. The van der Waals surface area contributed by atoms with Crippen molar-refractivity contribution in [2.24, 2.45) is 5.92 Å². The Morgan fingerprint density at radius 1 is 1.55 bits per heavy atom. The van der Waals surface area contributed by atoms with E-state index in [0.717, 1.165) is 25.5 Å². The Hall–Kier alpha value is -1.13. The average molecular weight is 277 g/mol. The molecule has 0 radical (unpaired) electrons. The quantitative estimate of drug-likeness (QED) is 0.896. The van der Waals surface area contributed by atoms with Crippen molar-refractivity contribution in [3.63, 3.8) is 0 Å². The molecule has 1 aliphatic rings. The highest BCUT2D eigenvalue weighted by Gasteiger charge is 2.28. The van der Waals surface area contributed by atoms with Gasteiger partial charge >= 0.3 is 0 Å². The van der Waals surface area contributed by atoms with E-state index in [4.69, 9.17) is 4.74 Å². The molecule has 20 heavy (non-hydrogen) atoms. The van der Waals surface area contributed by atoms with Crippen LogP contribution in [0.4, 0.5) is 0 Å². The van der Waals surface area contributed by atoms with Gasteiger partial charge in [0.25, 0.3) is 0 Å². The van der Waals surface area contributed by atoms with Crippen molar-refractivity contribution in [2.75, 3.05) is 20.2 Å². The second-order valence-corrected chi connectivity index (χ2v) is 5.85. The van der Waals surface area contributed by atoms with Gasteiger partial charge in [0.2, 0.25) is 5.88 Å². The molecule has 1 aromatic rings. The zero-order valence-corrected chi connectivity index (χ0v) is 13.1. The molecule has 0 saturated carbocycles. The second-order valence-electron chi connectivity index (χ2n) is 5.85. The number of nitrogens with zero attached hydrogens (tertiary/aromatic N) is 2. The minimum Gasteiger partial charge on any atom is -0.481 e. The van der Waals surface area contributed by atoms with Crippen molar-refractivity contribution in [1.29, 1.82) is 0 Å². The van der Waals surface area contributed by atoms with Crippen LogP contribution in [-0.4, -0.2) is 42.2 Å². The third kappa shape index (κ3) is 3.49.